The molecule has 0 aliphatic heterocycles. The van der Waals surface area contributed by atoms with Gasteiger partial charge in [0.2, 0.25) is 10.0 Å². The predicted molar refractivity (Wildman–Crippen MR) is 63.3 cm³/mol. The Morgan fingerprint density at radius 1 is 1.56 bits per heavy atom. The van der Waals surface area contributed by atoms with E-state index in [0.29, 0.717) is 5.76 Å². The van der Waals surface area contributed by atoms with Gasteiger partial charge in [0.1, 0.15) is 22.7 Å². The molecule has 0 bridgehead atoms. The molecular weight excluding hydrogens is 260 g/mol. The Bertz CT molecular complexity index is 546. The van der Waals surface area contributed by atoms with Crippen LogP contribution in [0.3, 0.4) is 0 Å². The summed E-state index contributed by atoms with van der Waals surface area (Å²) in [4.78, 5) is 11.0. The molecule has 1 aromatic heterocycles. The van der Waals surface area contributed by atoms with Crippen LogP contribution in [0.5, 0.6) is 0 Å². The fourth-order valence-electron chi connectivity index (χ4n) is 1.25. The smallest absolute Gasteiger partial charge is 0.324 e. The maximum absolute atomic E-state index is 12.0. The maximum atomic E-state index is 12.0. The standard InChI is InChI=1S/C10H16N2O5S/c1-7-5-8(11-17-7)6-18(15,16)12(4)10(2,3)9(13)14/h5H,6H2,1-4H3,(H,13,14). The van der Waals surface area contributed by atoms with E-state index in [-0.39, 0.29) is 5.69 Å². The zero-order chi connectivity index (χ0) is 14.1. The molecule has 7 nitrogen and oxygen atoms in total. The lowest BCUT2D eigenvalue weighted by atomic mass is 10.1. The second-order valence-electron chi connectivity index (χ2n) is 4.52. The minimum atomic E-state index is -3.77. The zero-order valence-corrected chi connectivity index (χ0v) is 11.5. The minimum absolute atomic E-state index is 0.250. The summed E-state index contributed by atoms with van der Waals surface area (Å²) in [6, 6.07) is 1.50. The van der Waals surface area contributed by atoms with Crippen molar-refractivity contribution in [2.45, 2.75) is 32.1 Å². The largest absolute Gasteiger partial charge is 0.480 e. The molecule has 0 saturated heterocycles. The van der Waals surface area contributed by atoms with Crippen LogP contribution >= 0.6 is 0 Å². The Kier molecular flexibility index (Phi) is 3.82. The van der Waals surface area contributed by atoms with Crippen LogP contribution in [0, 0.1) is 6.92 Å². The van der Waals surface area contributed by atoms with Crippen molar-refractivity contribution in [2.24, 2.45) is 0 Å². The summed E-state index contributed by atoms with van der Waals surface area (Å²) < 4.78 is 29.7. The van der Waals surface area contributed by atoms with Gasteiger partial charge in [-0.15, -0.1) is 0 Å². The third-order valence-electron chi connectivity index (χ3n) is 2.73. The molecule has 1 heterocycles. The lowest BCUT2D eigenvalue weighted by molar-refractivity contribution is -0.145. The van der Waals surface area contributed by atoms with Crippen molar-refractivity contribution in [3.63, 3.8) is 0 Å². The van der Waals surface area contributed by atoms with Crippen LogP contribution in [0.2, 0.25) is 0 Å². The average Bonchev–Trinajstić information content (AvgIpc) is 2.61. The van der Waals surface area contributed by atoms with Crippen molar-refractivity contribution in [2.75, 3.05) is 7.05 Å². The molecule has 18 heavy (non-hydrogen) atoms. The number of carboxylic acids is 1. The van der Waals surface area contributed by atoms with E-state index in [2.05, 4.69) is 5.16 Å². The van der Waals surface area contributed by atoms with E-state index in [1.807, 2.05) is 0 Å². The number of hydrogen-bond donors (Lipinski definition) is 1. The van der Waals surface area contributed by atoms with Crippen LogP contribution in [0.4, 0.5) is 0 Å². The van der Waals surface area contributed by atoms with E-state index in [4.69, 9.17) is 9.63 Å². The first-order chi connectivity index (χ1) is 8.07. The molecular formula is C10H16N2O5S. The van der Waals surface area contributed by atoms with Crippen molar-refractivity contribution in [3.05, 3.63) is 17.5 Å². The second kappa shape index (κ2) is 4.69. The van der Waals surface area contributed by atoms with Gasteiger partial charge < -0.3 is 9.63 Å². The molecule has 0 spiro atoms. The molecule has 102 valence electrons. The molecule has 0 atom stereocenters. The summed E-state index contributed by atoms with van der Waals surface area (Å²) in [5.74, 6) is -1.11. The highest BCUT2D eigenvalue weighted by atomic mass is 32.2. The third kappa shape index (κ3) is 2.88. The molecule has 0 aliphatic rings. The van der Waals surface area contributed by atoms with Gasteiger partial charge in [0.05, 0.1) is 0 Å². The summed E-state index contributed by atoms with van der Waals surface area (Å²) in [6.45, 7) is 4.29. The Labute approximate surface area is 105 Å². The van der Waals surface area contributed by atoms with Gasteiger partial charge in [-0.1, -0.05) is 5.16 Å². The van der Waals surface area contributed by atoms with Crippen LogP contribution in [-0.4, -0.2) is 41.5 Å². The summed E-state index contributed by atoms with van der Waals surface area (Å²) in [7, 11) is -2.54. The van der Waals surface area contributed by atoms with E-state index < -0.39 is 27.3 Å². The van der Waals surface area contributed by atoms with Crippen molar-refractivity contribution < 1.29 is 22.8 Å². The Hall–Kier alpha value is -1.41. The third-order valence-corrected chi connectivity index (χ3v) is 4.69. The molecule has 0 aliphatic carbocycles. The van der Waals surface area contributed by atoms with Gasteiger partial charge in [-0.2, -0.15) is 4.31 Å². The molecule has 0 saturated carbocycles. The number of hydrogen-bond acceptors (Lipinski definition) is 5. The summed E-state index contributed by atoms with van der Waals surface area (Å²) in [6.07, 6.45) is 0. The van der Waals surface area contributed by atoms with Gasteiger partial charge in [0.15, 0.2) is 0 Å². The van der Waals surface area contributed by atoms with Gasteiger partial charge in [0, 0.05) is 13.1 Å². The van der Waals surface area contributed by atoms with Crippen molar-refractivity contribution >= 4 is 16.0 Å². The topological polar surface area (TPSA) is 101 Å². The molecule has 0 amide bonds. The monoisotopic (exact) mass is 276 g/mol. The van der Waals surface area contributed by atoms with Crippen LogP contribution in [0.1, 0.15) is 25.3 Å². The Morgan fingerprint density at radius 3 is 2.50 bits per heavy atom. The number of aromatic nitrogens is 1. The fourth-order valence-corrected chi connectivity index (χ4v) is 2.73. The normalized spacial score (nSPS) is 12.9. The predicted octanol–water partition coefficient (Wildman–Crippen LogP) is 0.608. The van der Waals surface area contributed by atoms with Gasteiger partial charge in [0.25, 0.3) is 0 Å². The number of aryl methyl sites for hydroxylation is 1. The second-order valence-corrected chi connectivity index (χ2v) is 6.52. The number of rotatable bonds is 5. The van der Waals surface area contributed by atoms with E-state index in [1.165, 1.54) is 27.0 Å². The Morgan fingerprint density at radius 2 is 2.11 bits per heavy atom. The zero-order valence-electron chi connectivity index (χ0n) is 10.7. The highest BCUT2D eigenvalue weighted by molar-refractivity contribution is 7.88. The maximum Gasteiger partial charge on any atom is 0.324 e. The highest BCUT2D eigenvalue weighted by Gasteiger charge is 2.39. The summed E-state index contributed by atoms with van der Waals surface area (Å²) in [5.41, 5.74) is -1.27. The van der Waals surface area contributed by atoms with Crippen molar-refractivity contribution in [3.8, 4) is 0 Å². The average molecular weight is 276 g/mol. The van der Waals surface area contributed by atoms with Crippen molar-refractivity contribution in [1.82, 2.24) is 9.46 Å². The number of carboxylic acid groups (broad SMARTS) is 1. The van der Waals surface area contributed by atoms with Gasteiger partial charge in [-0.05, 0) is 20.8 Å². The molecule has 0 radical (unpaired) electrons. The van der Waals surface area contributed by atoms with Gasteiger partial charge >= 0.3 is 5.97 Å². The van der Waals surface area contributed by atoms with E-state index in [1.54, 1.807) is 6.92 Å². The SMILES string of the molecule is Cc1cc(CS(=O)(=O)N(C)C(C)(C)C(=O)O)no1. The highest BCUT2D eigenvalue weighted by Crippen LogP contribution is 2.20. The molecule has 1 N–H and O–H groups in total. The number of sulfonamides is 1. The van der Waals surface area contributed by atoms with Crippen LogP contribution < -0.4 is 0 Å². The van der Waals surface area contributed by atoms with E-state index >= 15 is 0 Å². The minimum Gasteiger partial charge on any atom is -0.480 e. The van der Waals surface area contributed by atoms with Gasteiger partial charge in [-0.25, -0.2) is 8.42 Å². The van der Waals surface area contributed by atoms with Crippen molar-refractivity contribution in [1.29, 1.82) is 0 Å². The number of nitrogens with zero attached hydrogens (tertiary/aromatic N) is 2. The molecule has 0 aromatic carbocycles. The number of likely N-dealkylation sites (N-methyl/N-ethyl adjacent to an activating group) is 1. The molecule has 0 unspecified atom stereocenters. The quantitative estimate of drug-likeness (QED) is 0.845. The fraction of sp³-hybridized carbons (Fsp3) is 0.600. The number of aliphatic carboxylic acids is 1. The van der Waals surface area contributed by atoms with Crippen LogP contribution in [0.25, 0.3) is 0 Å². The summed E-state index contributed by atoms with van der Waals surface area (Å²) in [5, 5.41) is 12.6. The first-order valence-electron chi connectivity index (χ1n) is 5.19. The first-order valence-corrected chi connectivity index (χ1v) is 6.80. The molecule has 1 aromatic rings. The molecule has 8 heteroatoms. The lowest BCUT2D eigenvalue weighted by Gasteiger charge is -2.30. The summed E-state index contributed by atoms with van der Waals surface area (Å²) >= 11 is 0. The van der Waals surface area contributed by atoms with Crippen LogP contribution in [0.15, 0.2) is 10.6 Å². The van der Waals surface area contributed by atoms with Gasteiger partial charge in [-0.3, -0.25) is 4.79 Å². The Balaban J connectivity index is 2.97. The van der Waals surface area contributed by atoms with E-state index in [9.17, 15) is 13.2 Å². The van der Waals surface area contributed by atoms with E-state index in [0.717, 1.165) is 4.31 Å². The first kappa shape index (κ1) is 14.7. The molecule has 0 fully saturated rings. The lowest BCUT2D eigenvalue weighted by Crippen LogP contribution is -2.50. The van der Waals surface area contributed by atoms with Crippen LogP contribution in [-0.2, 0) is 20.6 Å². The molecule has 1 rings (SSSR count). The number of carbonyl (C=O) groups is 1.